The number of aliphatic carboxylic acids is 1. The molecule has 4 rings (SSSR count). The molecule has 0 aliphatic heterocycles. The maximum Gasteiger partial charge on any atom is 0.340 e. The number of carbonyl (C=O) groups is 1. The van der Waals surface area contributed by atoms with E-state index in [0.29, 0.717) is 18.3 Å². The Morgan fingerprint density at radius 3 is 2.12 bits per heavy atom. The van der Waals surface area contributed by atoms with Gasteiger partial charge in [-0.15, -0.1) is 0 Å². The number of halogens is 2. The Hall–Kier alpha value is 0.01000. The number of carboxylic acids is 1. The van der Waals surface area contributed by atoms with E-state index in [1.165, 1.54) is 0 Å². The average molecular weight is 279 g/mol. The summed E-state index contributed by atoms with van der Waals surface area (Å²) in [6, 6.07) is 0. The van der Waals surface area contributed by atoms with Crippen molar-refractivity contribution >= 4 is 29.2 Å². The van der Waals surface area contributed by atoms with Crippen molar-refractivity contribution in [1.82, 2.24) is 0 Å². The molecule has 2 unspecified atom stereocenters. The second-order valence-electron chi connectivity index (χ2n) is 6.35. The monoisotopic (exact) mass is 278 g/mol. The lowest BCUT2D eigenvalue weighted by atomic mass is 9.47. The molecular weight excluding hydrogens is 263 g/mol. The van der Waals surface area contributed by atoms with Crippen molar-refractivity contribution < 1.29 is 15.0 Å². The number of hydrogen-bond donors (Lipinski definition) is 2. The van der Waals surface area contributed by atoms with E-state index < -0.39 is 21.3 Å². The van der Waals surface area contributed by atoms with Crippen LogP contribution in [0.4, 0.5) is 0 Å². The van der Waals surface area contributed by atoms with Crippen molar-refractivity contribution in [2.75, 3.05) is 0 Å². The molecule has 0 aromatic rings. The highest BCUT2D eigenvalue weighted by molar-refractivity contribution is 6.58. The van der Waals surface area contributed by atoms with Gasteiger partial charge in [0.1, 0.15) is 0 Å². The van der Waals surface area contributed by atoms with E-state index >= 15 is 0 Å². The number of aliphatic hydroxyl groups is 1. The zero-order valence-electron chi connectivity index (χ0n) is 9.46. The summed E-state index contributed by atoms with van der Waals surface area (Å²) in [6.07, 6.45) is 4.58. The highest BCUT2D eigenvalue weighted by atomic mass is 35.5. The van der Waals surface area contributed by atoms with E-state index in [9.17, 15) is 15.0 Å². The normalized spacial score (nSPS) is 48.4. The molecule has 96 valence electrons. The standard InChI is InChI=1S/C12H16Cl2O3/c13-12(14,9(15)16)10-2-7-1-8(3-10)5-11(17,4-7)6-10/h7-8,17H,1-6H2,(H,15,16). The molecule has 0 aromatic carbocycles. The molecule has 4 aliphatic carbocycles. The SMILES string of the molecule is O=C(O)C(Cl)(Cl)C12CC3CC(CC(O)(C3)C1)C2. The molecule has 3 nitrogen and oxygen atoms in total. The molecule has 0 saturated heterocycles. The van der Waals surface area contributed by atoms with Crippen LogP contribution in [0.3, 0.4) is 0 Å². The molecule has 0 amide bonds. The minimum atomic E-state index is -1.77. The Labute approximate surface area is 110 Å². The average Bonchev–Trinajstić information content (AvgIpc) is 2.12. The van der Waals surface area contributed by atoms with E-state index in [0.717, 1.165) is 32.1 Å². The Morgan fingerprint density at radius 1 is 1.18 bits per heavy atom. The van der Waals surface area contributed by atoms with Crippen molar-refractivity contribution in [3.05, 3.63) is 0 Å². The van der Waals surface area contributed by atoms with Crippen molar-refractivity contribution in [3.8, 4) is 0 Å². The van der Waals surface area contributed by atoms with Gasteiger partial charge in [0.25, 0.3) is 0 Å². The third-order valence-electron chi connectivity index (χ3n) is 4.96. The maximum absolute atomic E-state index is 11.3. The van der Waals surface area contributed by atoms with E-state index in [1.54, 1.807) is 0 Å². The van der Waals surface area contributed by atoms with Gasteiger partial charge in [-0.05, 0) is 50.4 Å². The zero-order valence-corrected chi connectivity index (χ0v) is 11.0. The quantitative estimate of drug-likeness (QED) is 0.764. The van der Waals surface area contributed by atoms with E-state index in [1.807, 2.05) is 0 Å². The second kappa shape index (κ2) is 3.31. The van der Waals surface area contributed by atoms with Gasteiger partial charge in [-0.3, -0.25) is 0 Å². The lowest BCUT2D eigenvalue weighted by Gasteiger charge is -2.62. The minimum absolute atomic E-state index is 0.387. The van der Waals surface area contributed by atoms with Crippen molar-refractivity contribution in [1.29, 1.82) is 0 Å². The van der Waals surface area contributed by atoms with Crippen molar-refractivity contribution in [3.63, 3.8) is 0 Å². The van der Waals surface area contributed by atoms with Gasteiger partial charge in [-0.1, -0.05) is 23.2 Å². The van der Waals surface area contributed by atoms with Crippen LogP contribution in [0.2, 0.25) is 0 Å². The topological polar surface area (TPSA) is 57.5 Å². The summed E-state index contributed by atoms with van der Waals surface area (Å²) in [7, 11) is 0. The summed E-state index contributed by atoms with van der Waals surface area (Å²) in [5.41, 5.74) is -1.37. The lowest BCUT2D eigenvalue weighted by molar-refractivity contribution is -0.177. The van der Waals surface area contributed by atoms with Crippen LogP contribution in [0, 0.1) is 17.3 Å². The zero-order chi connectivity index (χ0) is 12.5. The number of hydrogen-bond acceptors (Lipinski definition) is 2. The smallest absolute Gasteiger partial charge is 0.340 e. The molecule has 0 radical (unpaired) electrons. The molecule has 17 heavy (non-hydrogen) atoms. The van der Waals surface area contributed by atoms with Crippen molar-refractivity contribution in [2.45, 2.75) is 48.5 Å². The molecule has 2 atom stereocenters. The minimum Gasteiger partial charge on any atom is -0.479 e. The first-order valence-corrected chi connectivity index (χ1v) is 6.86. The molecule has 0 spiro atoms. The highest BCUT2D eigenvalue weighted by Crippen LogP contribution is 2.67. The predicted octanol–water partition coefficient (Wildman–Crippen LogP) is 2.58. The first-order valence-electron chi connectivity index (χ1n) is 6.10. The van der Waals surface area contributed by atoms with Gasteiger partial charge in [-0.2, -0.15) is 0 Å². The third-order valence-corrected chi connectivity index (χ3v) is 6.09. The van der Waals surface area contributed by atoms with Crippen LogP contribution < -0.4 is 0 Å². The summed E-state index contributed by atoms with van der Waals surface area (Å²) in [4.78, 5) is 11.3. The van der Waals surface area contributed by atoms with Crippen LogP contribution in [-0.4, -0.2) is 26.1 Å². The first kappa shape index (κ1) is 12.1. The van der Waals surface area contributed by atoms with Crippen LogP contribution in [0.15, 0.2) is 0 Å². The fraction of sp³-hybridized carbons (Fsp3) is 0.917. The van der Waals surface area contributed by atoms with Crippen LogP contribution in [0.1, 0.15) is 38.5 Å². The highest BCUT2D eigenvalue weighted by Gasteiger charge is 2.66. The fourth-order valence-corrected chi connectivity index (χ4v) is 5.25. The Balaban J connectivity index is 2.01. The van der Waals surface area contributed by atoms with Gasteiger partial charge in [0.2, 0.25) is 4.33 Å². The Kier molecular flexibility index (Phi) is 2.35. The van der Waals surface area contributed by atoms with Gasteiger partial charge < -0.3 is 10.2 Å². The van der Waals surface area contributed by atoms with Crippen LogP contribution in [0.5, 0.6) is 0 Å². The maximum atomic E-state index is 11.3. The first-order chi connectivity index (χ1) is 7.76. The van der Waals surface area contributed by atoms with Crippen LogP contribution in [0.25, 0.3) is 0 Å². The number of rotatable bonds is 2. The molecule has 5 heteroatoms. The predicted molar refractivity (Wildman–Crippen MR) is 64.1 cm³/mol. The third kappa shape index (κ3) is 1.55. The molecule has 4 aliphatic rings. The summed E-state index contributed by atoms with van der Waals surface area (Å²) in [5.74, 6) is -0.402. The van der Waals surface area contributed by atoms with E-state index in [4.69, 9.17) is 23.2 Å². The molecular formula is C12H16Cl2O3. The number of carboxylic acid groups (broad SMARTS) is 1. The van der Waals surface area contributed by atoms with Gasteiger partial charge in [0.15, 0.2) is 0 Å². The summed E-state index contributed by atoms with van der Waals surface area (Å²) in [6.45, 7) is 0. The van der Waals surface area contributed by atoms with E-state index in [2.05, 4.69) is 0 Å². The lowest BCUT2D eigenvalue weighted by Crippen LogP contribution is -2.62. The second-order valence-corrected chi connectivity index (χ2v) is 7.67. The molecule has 4 fully saturated rings. The van der Waals surface area contributed by atoms with Gasteiger partial charge in [0.05, 0.1) is 5.60 Å². The van der Waals surface area contributed by atoms with Gasteiger partial charge in [0, 0.05) is 5.41 Å². The fourth-order valence-electron chi connectivity index (χ4n) is 4.81. The van der Waals surface area contributed by atoms with Gasteiger partial charge in [-0.25, -0.2) is 4.79 Å². The molecule has 0 heterocycles. The summed E-state index contributed by atoms with van der Waals surface area (Å²) in [5, 5.41) is 19.7. The summed E-state index contributed by atoms with van der Waals surface area (Å²) < 4.78 is -1.77. The van der Waals surface area contributed by atoms with E-state index in [-0.39, 0.29) is 0 Å². The number of alkyl halides is 2. The Morgan fingerprint density at radius 2 is 1.71 bits per heavy atom. The van der Waals surface area contributed by atoms with Crippen molar-refractivity contribution in [2.24, 2.45) is 17.3 Å². The molecule has 0 aromatic heterocycles. The van der Waals surface area contributed by atoms with Crippen LogP contribution in [-0.2, 0) is 4.79 Å². The van der Waals surface area contributed by atoms with Gasteiger partial charge >= 0.3 is 5.97 Å². The summed E-state index contributed by atoms with van der Waals surface area (Å²) >= 11 is 12.2. The van der Waals surface area contributed by atoms with Crippen LogP contribution >= 0.6 is 23.2 Å². The Bertz CT molecular complexity index is 366. The largest absolute Gasteiger partial charge is 0.479 e. The molecule has 4 bridgehead atoms. The molecule has 2 N–H and O–H groups in total. The molecule has 4 saturated carbocycles.